The molecule has 0 unspecified atom stereocenters. The van der Waals surface area contributed by atoms with E-state index in [1.165, 1.54) is 0 Å². The molecule has 0 amide bonds. The van der Waals surface area contributed by atoms with Crippen LogP contribution in [0.3, 0.4) is 0 Å². The second-order valence-corrected chi connectivity index (χ2v) is 4.59. The van der Waals surface area contributed by atoms with Gasteiger partial charge in [-0.1, -0.05) is 0 Å². The standard InChI is InChI=1S/C3H4GeO/c5-4-2-1-3-4/h1-2H,3H2. The van der Waals surface area contributed by atoms with E-state index >= 15 is 0 Å². The van der Waals surface area contributed by atoms with Crippen molar-refractivity contribution in [2.24, 2.45) is 0 Å². The topological polar surface area (TPSA) is 17.1 Å². The van der Waals surface area contributed by atoms with Gasteiger partial charge < -0.3 is 0 Å². The fourth-order valence-corrected chi connectivity index (χ4v) is 1.11. The van der Waals surface area contributed by atoms with Gasteiger partial charge in [-0.3, -0.25) is 0 Å². The van der Waals surface area contributed by atoms with Crippen LogP contribution in [0, 0.1) is 0 Å². The van der Waals surface area contributed by atoms with Gasteiger partial charge in [0.1, 0.15) is 0 Å². The van der Waals surface area contributed by atoms with Crippen molar-refractivity contribution in [3.63, 3.8) is 0 Å². The van der Waals surface area contributed by atoms with Crippen molar-refractivity contribution < 1.29 is 3.78 Å². The molecule has 0 saturated carbocycles. The van der Waals surface area contributed by atoms with Crippen molar-refractivity contribution in [2.45, 2.75) is 5.25 Å². The van der Waals surface area contributed by atoms with Crippen molar-refractivity contribution in [1.29, 1.82) is 0 Å². The third-order valence-corrected chi connectivity index (χ3v) is 3.24. The first kappa shape index (κ1) is 3.28. The Balaban J connectivity index is 2.71. The van der Waals surface area contributed by atoms with Crippen LogP contribution in [0.15, 0.2) is 11.0 Å². The Morgan fingerprint density at radius 2 is 2.20 bits per heavy atom. The quantitative estimate of drug-likeness (QED) is 0.435. The van der Waals surface area contributed by atoms with Crippen molar-refractivity contribution >= 4 is 14.3 Å². The molecular formula is C3H4GeO. The second kappa shape index (κ2) is 1.05. The second-order valence-electron chi connectivity index (χ2n) is 1.07. The number of hydrogen-bond donors (Lipinski definition) is 0. The minimum absolute atomic E-state index is 0.917. The van der Waals surface area contributed by atoms with E-state index in [4.69, 9.17) is 0 Å². The SMILES string of the molecule is [O]=[Ge]1[CH]=C[CH2]1. The fourth-order valence-electron chi connectivity index (χ4n) is 0.214. The van der Waals surface area contributed by atoms with Gasteiger partial charge in [-0.15, -0.1) is 0 Å². The zero-order valence-corrected chi connectivity index (χ0v) is 4.87. The minimum atomic E-state index is -1.61. The summed E-state index contributed by atoms with van der Waals surface area (Å²) < 4.78 is 10.1. The van der Waals surface area contributed by atoms with Gasteiger partial charge in [0, 0.05) is 0 Å². The molecule has 0 saturated heterocycles. The monoisotopic (exact) mass is 130 g/mol. The molecule has 1 rings (SSSR count). The van der Waals surface area contributed by atoms with Crippen molar-refractivity contribution in [3.05, 3.63) is 11.0 Å². The molecule has 1 aliphatic heterocycles. The van der Waals surface area contributed by atoms with Crippen molar-refractivity contribution in [1.82, 2.24) is 0 Å². The maximum atomic E-state index is 10.1. The van der Waals surface area contributed by atoms with E-state index in [0.29, 0.717) is 0 Å². The molecule has 0 fully saturated rings. The molecule has 26 valence electrons. The van der Waals surface area contributed by atoms with Gasteiger partial charge in [-0.2, -0.15) is 0 Å². The molecule has 0 bridgehead atoms. The predicted octanol–water partition coefficient (Wildman–Crippen LogP) is 0.517. The first-order valence-corrected chi connectivity index (χ1v) is 5.14. The Labute approximate surface area is 35.0 Å². The van der Waals surface area contributed by atoms with E-state index in [2.05, 4.69) is 0 Å². The Bertz CT molecular complexity index is 84.9. The normalized spacial score (nSPS) is 18.8. The predicted molar refractivity (Wildman–Crippen MR) is 20.4 cm³/mol. The molecule has 1 heterocycles. The van der Waals surface area contributed by atoms with Gasteiger partial charge in [0.15, 0.2) is 0 Å². The van der Waals surface area contributed by atoms with Gasteiger partial charge >= 0.3 is 34.3 Å². The van der Waals surface area contributed by atoms with Crippen molar-refractivity contribution in [3.8, 4) is 0 Å². The van der Waals surface area contributed by atoms with Crippen molar-refractivity contribution in [2.75, 3.05) is 0 Å². The van der Waals surface area contributed by atoms with Gasteiger partial charge in [-0.05, 0) is 0 Å². The van der Waals surface area contributed by atoms with E-state index in [0.717, 1.165) is 5.25 Å². The first-order chi connectivity index (χ1) is 2.39. The van der Waals surface area contributed by atoms with Gasteiger partial charge in [0.25, 0.3) is 0 Å². The number of hydrogen-bond acceptors (Lipinski definition) is 1. The summed E-state index contributed by atoms with van der Waals surface area (Å²) in [5.74, 6) is 0. The molecule has 0 N–H and O–H groups in total. The van der Waals surface area contributed by atoms with Crippen LogP contribution in [0.1, 0.15) is 0 Å². The van der Waals surface area contributed by atoms with E-state index in [1.807, 2.05) is 11.0 Å². The average molecular weight is 129 g/mol. The van der Waals surface area contributed by atoms with E-state index in [1.54, 1.807) is 0 Å². The molecule has 0 aliphatic carbocycles. The van der Waals surface area contributed by atoms with Crippen LogP contribution in [-0.2, 0) is 3.78 Å². The molecule has 1 nitrogen and oxygen atoms in total. The van der Waals surface area contributed by atoms with Crippen LogP contribution in [-0.4, -0.2) is 14.3 Å². The molecule has 0 aromatic rings. The Morgan fingerprint density at radius 1 is 1.80 bits per heavy atom. The third kappa shape index (κ3) is 0.479. The summed E-state index contributed by atoms with van der Waals surface area (Å²) in [6.45, 7) is 0. The van der Waals surface area contributed by atoms with Crippen LogP contribution < -0.4 is 0 Å². The van der Waals surface area contributed by atoms with Gasteiger partial charge in [0.2, 0.25) is 0 Å². The summed E-state index contributed by atoms with van der Waals surface area (Å²) in [7, 11) is 0. The van der Waals surface area contributed by atoms with Crippen LogP contribution >= 0.6 is 0 Å². The van der Waals surface area contributed by atoms with Gasteiger partial charge in [0.05, 0.1) is 0 Å². The summed E-state index contributed by atoms with van der Waals surface area (Å²) in [5, 5.41) is 0.917. The fraction of sp³-hybridized carbons (Fsp3) is 0.333. The Kier molecular flexibility index (Phi) is 0.688. The summed E-state index contributed by atoms with van der Waals surface area (Å²) in [6.07, 6.45) is 1.96. The molecule has 5 heavy (non-hydrogen) atoms. The molecule has 0 radical (unpaired) electrons. The summed E-state index contributed by atoms with van der Waals surface area (Å²) >= 11 is -1.61. The number of allylic oxidation sites excluding steroid dienone is 1. The van der Waals surface area contributed by atoms with Crippen LogP contribution in [0.4, 0.5) is 0 Å². The third-order valence-electron chi connectivity index (χ3n) is 0.623. The molecular weight excluding hydrogens is 125 g/mol. The van der Waals surface area contributed by atoms with Crippen LogP contribution in [0.2, 0.25) is 5.25 Å². The molecule has 1 aliphatic rings. The Hall–Kier alpha value is 0.0829. The molecule has 0 spiro atoms. The Morgan fingerprint density at radius 3 is 2.20 bits per heavy atom. The van der Waals surface area contributed by atoms with Gasteiger partial charge in [-0.25, -0.2) is 0 Å². The maximum absolute atomic E-state index is 10.1. The first-order valence-electron chi connectivity index (χ1n) is 1.59. The molecule has 0 atom stereocenters. The molecule has 0 aromatic heterocycles. The van der Waals surface area contributed by atoms with Crippen LogP contribution in [0.25, 0.3) is 0 Å². The molecule has 2 heteroatoms. The summed E-state index contributed by atoms with van der Waals surface area (Å²) in [5.41, 5.74) is 0. The summed E-state index contributed by atoms with van der Waals surface area (Å²) in [6, 6.07) is 0. The number of rotatable bonds is 0. The zero-order chi connectivity index (χ0) is 3.70. The van der Waals surface area contributed by atoms with E-state index < -0.39 is 14.3 Å². The molecule has 0 aromatic carbocycles. The zero-order valence-electron chi connectivity index (χ0n) is 2.77. The van der Waals surface area contributed by atoms with E-state index in [-0.39, 0.29) is 0 Å². The van der Waals surface area contributed by atoms with Crippen LogP contribution in [0.5, 0.6) is 0 Å². The average Bonchev–Trinajstić information content (AvgIpc) is 1.30. The van der Waals surface area contributed by atoms with E-state index in [9.17, 15) is 3.78 Å². The summed E-state index contributed by atoms with van der Waals surface area (Å²) in [4.78, 5) is 1.83.